The first kappa shape index (κ1) is 30.8. The van der Waals surface area contributed by atoms with Crippen LogP contribution in [0.5, 0.6) is 0 Å². The van der Waals surface area contributed by atoms with Crippen LogP contribution in [0.15, 0.2) is 66.7 Å². The van der Waals surface area contributed by atoms with Crippen LogP contribution in [0.2, 0.25) is 0 Å². The van der Waals surface area contributed by atoms with Gasteiger partial charge in [0.15, 0.2) is 5.92 Å². The van der Waals surface area contributed by atoms with Crippen molar-refractivity contribution in [3.8, 4) is 11.1 Å². The molecule has 0 saturated carbocycles. The molecule has 6 nitrogen and oxygen atoms in total. The molecule has 1 heterocycles. The number of benzene rings is 3. The van der Waals surface area contributed by atoms with Crippen LogP contribution in [0.1, 0.15) is 95.5 Å². The monoisotopic (exact) mass is 582 g/mol. The maximum absolute atomic E-state index is 13.4. The molecule has 1 aliphatic heterocycles. The fourth-order valence-electron chi connectivity index (χ4n) is 6.24. The summed E-state index contributed by atoms with van der Waals surface area (Å²) in [5.41, 5.74) is 6.82. The zero-order valence-corrected chi connectivity index (χ0v) is 26.7. The summed E-state index contributed by atoms with van der Waals surface area (Å²) in [6.07, 6.45) is 2.92. The summed E-state index contributed by atoms with van der Waals surface area (Å²) in [6.45, 7) is 15.0. The van der Waals surface area contributed by atoms with E-state index in [0.717, 1.165) is 38.0 Å². The van der Waals surface area contributed by atoms with Gasteiger partial charge in [-0.15, -0.1) is 0 Å². The van der Waals surface area contributed by atoms with E-state index in [1.165, 1.54) is 27.8 Å². The summed E-state index contributed by atoms with van der Waals surface area (Å²) in [5, 5.41) is 3.67. The van der Waals surface area contributed by atoms with E-state index < -0.39 is 29.1 Å². The highest BCUT2D eigenvalue weighted by molar-refractivity contribution is 6.02. The minimum atomic E-state index is -1.17. The van der Waals surface area contributed by atoms with Crippen LogP contribution < -0.4 is 5.32 Å². The summed E-state index contributed by atoms with van der Waals surface area (Å²) in [4.78, 5) is 29.3. The standard InChI is InChI=1S/C37H46N2O4/c1-24(25-16-17-30-27(22-25)23-26-12-8-9-13-29(26)30)39-20-18-28(19-21-39)38-32-15-11-10-14-31(32)33(34(40)42-36(2,3)4)35(41)43-37(5,6)7/h8-17,22,24,28,33,38H,18-21,23H2,1-7H3. The van der Waals surface area contributed by atoms with E-state index in [0.29, 0.717) is 11.6 Å². The highest BCUT2D eigenvalue weighted by Gasteiger charge is 2.38. The topological polar surface area (TPSA) is 67.9 Å². The van der Waals surface area contributed by atoms with Crippen LogP contribution in [0.4, 0.5) is 5.69 Å². The van der Waals surface area contributed by atoms with Crippen LogP contribution >= 0.6 is 0 Å². The van der Waals surface area contributed by atoms with E-state index in [2.05, 4.69) is 59.6 Å². The Balaban J connectivity index is 1.27. The van der Waals surface area contributed by atoms with Gasteiger partial charge < -0.3 is 14.8 Å². The van der Waals surface area contributed by atoms with Gasteiger partial charge in [-0.3, -0.25) is 14.5 Å². The van der Waals surface area contributed by atoms with Gasteiger partial charge in [0.1, 0.15) is 11.2 Å². The first-order chi connectivity index (χ1) is 20.3. The van der Waals surface area contributed by atoms with Gasteiger partial charge in [-0.05, 0) is 102 Å². The van der Waals surface area contributed by atoms with Gasteiger partial charge in [0.25, 0.3) is 0 Å². The normalized spacial score (nSPS) is 16.4. The van der Waals surface area contributed by atoms with Crippen molar-refractivity contribution in [1.82, 2.24) is 4.90 Å². The molecule has 3 aromatic rings. The zero-order valence-electron chi connectivity index (χ0n) is 26.7. The number of anilines is 1. The average Bonchev–Trinajstić information content (AvgIpc) is 3.30. The molecule has 2 aliphatic rings. The van der Waals surface area contributed by atoms with Gasteiger partial charge in [0.2, 0.25) is 0 Å². The van der Waals surface area contributed by atoms with Crippen LogP contribution in [0.3, 0.4) is 0 Å². The molecular weight excluding hydrogens is 536 g/mol. The first-order valence-corrected chi connectivity index (χ1v) is 15.6. The summed E-state index contributed by atoms with van der Waals surface area (Å²) < 4.78 is 11.4. The lowest BCUT2D eigenvalue weighted by molar-refractivity contribution is -0.169. The highest BCUT2D eigenvalue weighted by Crippen LogP contribution is 2.39. The van der Waals surface area contributed by atoms with Crippen molar-refractivity contribution in [2.24, 2.45) is 0 Å². The number of hydrogen-bond donors (Lipinski definition) is 1. The molecule has 0 spiro atoms. The van der Waals surface area contributed by atoms with E-state index in [1.807, 2.05) is 24.3 Å². The van der Waals surface area contributed by atoms with E-state index in [-0.39, 0.29) is 6.04 Å². The highest BCUT2D eigenvalue weighted by atomic mass is 16.6. The number of nitrogens with one attached hydrogen (secondary N) is 1. The van der Waals surface area contributed by atoms with Gasteiger partial charge in [0, 0.05) is 36.4 Å². The molecule has 1 saturated heterocycles. The number of carbonyl (C=O) groups excluding carboxylic acids is 2. The minimum absolute atomic E-state index is 0.219. The van der Waals surface area contributed by atoms with E-state index in [9.17, 15) is 9.59 Å². The number of fused-ring (bicyclic) bond motifs is 3. The number of esters is 2. The Morgan fingerprint density at radius 1 is 0.791 bits per heavy atom. The van der Waals surface area contributed by atoms with Gasteiger partial charge >= 0.3 is 11.9 Å². The SMILES string of the molecule is CC(c1ccc2c(c1)Cc1ccccc1-2)N1CCC(Nc2ccccc2C(C(=O)OC(C)(C)C)C(=O)OC(C)(C)C)CC1. The van der Waals surface area contributed by atoms with Crippen molar-refractivity contribution in [3.63, 3.8) is 0 Å². The van der Waals surface area contributed by atoms with Gasteiger partial charge in [-0.1, -0.05) is 60.7 Å². The molecule has 1 fully saturated rings. The third kappa shape index (κ3) is 7.30. The third-order valence-corrected chi connectivity index (χ3v) is 8.29. The predicted molar refractivity (Wildman–Crippen MR) is 172 cm³/mol. The molecule has 5 rings (SSSR count). The Morgan fingerprint density at radius 2 is 1.37 bits per heavy atom. The Hall–Kier alpha value is -3.64. The number of piperidine rings is 1. The average molecular weight is 583 g/mol. The molecule has 228 valence electrons. The Morgan fingerprint density at radius 3 is 2.02 bits per heavy atom. The lowest BCUT2D eigenvalue weighted by Gasteiger charge is -2.37. The van der Waals surface area contributed by atoms with Crippen molar-refractivity contribution in [3.05, 3.63) is 89.0 Å². The van der Waals surface area contributed by atoms with Crippen molar-refractivity contribution in [2.45, 2.75) is 96.9 Å². The Kier molecular flexibility index (Phi) is 8.71. The number of rotatable bonds is 7. The number of hydrogen-bond acceptors (Lipinski definition) is 6. The molecule has 1 N–H and O–H groups in total. The van der Waals surface area contributed by atoms with Crippen molar-refractivity contribution < 1.29 is 19.1 Å². The maximum atomic E-state index is 13.4. The van der Waals surface area contributed by atoms with E-state index in [1.54, 1.807) is 41.5 Å². The predicted octanol–water partition coefficient (Wildman–Crippen LogP) is 7.66. The first-order valence-electron chi connectivity index (χ1n) is 15.6. The van der Waals surface area contributed by atoms with E-state index in [4.69, 9.17) is 9.47 Å². The molecule has 6 heteroatoms. The minimum Gasteiger partial charge on any atom is -0.459 e. The summed E-state index contributed by atoms with van der Waals surface area (Å²) in [6, 6.07) is 23.8. The number of likely N-dealkylation sites (tertiary alicyclic amines) is 1. The third-order valence-electron chi connectivity index (χ3n) is 8.29. The fraction of sp³-hybridized carbons (Fsp3) is 0.459. The van der Waals surface area contributed by atoms with Crippen LogP contribution in [0, 0.1) is 0 Å². The second kappa shape index (κ2) is 12.2. The molecule has 0 bridgehead atoms. The quantitative estimate of drug-likeness (QED) is 0.178. The van der Waals surface area contributed by atoms with Crippen LogP contribution in [-0.4, -0.2) is 47.2 Å². The zero-order chi connectivity index (χ0) is 30.9. The number of carbonyl (C=O) groups is 2. The maximum Gasteiger partial charge on any atom is 0.325 e. The molecule has 0 radical (unpaired) electrons. The van der Waals surface area contributed by atoms with Crippen LogP contribution in [-0.2, 0) is 25.5 Å². The lowest BCUT2D eigenvalue weighted by Crippen LogP contribution is -2.41. The smallest absolute Gasteiger partial charge is 0.325 e. The molecule has 0 aromatic heterocycles. The molecule has 0 amide bonds. The molecule has 1 unspecified atom stereocenters. The molecule has 43 heavy (non-hydrogen) atoms. The second-order valence-electron chi connectivity index (χ2n) is 14.0. The fourth-order valence-corrected chi connectivity index (χ4v) is 6.24. The number of ether oxygens (including phenoxy) is 2. The van der Waals surface area contributed by atoms with Gasteiger partial charge in [-0.25, -0.2) is 0 Å². The van der Waals surface area contributed by atoms with Crippen molar-refractivity contribution in [2.75, 3.05) is 18.4 Å². The molecule has 3 aromatic carbocycles. The number of para-hydroxylation sites is 1. The molecular formula is C37H46N2O4. The lowest BCUT2D eigenvalue weighted by atomic mass is 9.94. The largest absolute Gasteiger partial charge is 0.459 e. The molecule has 1 atom stereocenters. The van der Waals surface area contributed by atoms with Gasteiger partial charge in [0.05, 0.1) is 0 Å². The summed E-state index contributed by atoms with van der Waals surface area (Å²) in [7, 11) is 0. The van der Waals surface area contributed by atoms with Crippen molar-refractivity contribution >= 4 is 17.6 Å². The second-order valence-corrected chi connectivity index (χ2v) is 14.0. The summed E-state index contributed by atoms with van der Waals surface area (Å²) in [5.74, 6) is -2.37. The number of nitrogens with zero attached hydrogens (tertiary/aromatic N) is 1. The van der Waals surface area contributed by atoms with Crippen LogP contribution in [0.25, 0.3) is 11.1 Å². The molecule has 1 aliphatic carbocycles. The summed E-state index contributed by atoms with van der Waals surface area (Å²) >= 11 is 0. The Bertz CT molecular complexity index is 1450. The van der Waals surface area contributed by atoms with Gasteiger partial charge in [-0.2, -0.15) is 0 Å². The Labute approximate surface area is 256 Å². The van der Waals surface area contributed by atoms with E-state index >= 15 is 0 Å². The van der Waals surface area contributed by atoms with Crippen molar-refractivity contribution in [1.29, 1.82) is 0 Å².